The Morgan fingerprint density at radius 3 is 2.67 bits per heavy atom. The minimum absolute atomic E-state index is 0.838. The zero-order chi connectivity index (χ0) is 16.2. The van der Waals surface area contributed by atoms with Crippen LogP contribution in [0.4, 0.5) is 0 Å². The van der Waals surface area contributed by atoms with Crippen LogP contribution in [0.5, 0.6) is 0 Å². The molecule has 24 heavy (non-hydrogen) atoms. The van der Waals surface area contributed by atoms with E-state index in [0.717, 1.165) is 37.5 Å². The average molecular weight is 329 g/mol. The fourth-order valence-corrected chi connectivity index (χ4v) is 4.66. The summed E-state index contributed by atoms with van der Waals surface area (Å²) in [5.41, 5.74) is 1.34. The number of fused-ring (bicyclic) bond motifs is 1. The molecule has 4 heteroatoms. The van der Waals surface area contributed by atoms with Gasteiger partial charge in [-0.15, -0.1) is 0 Å². The van der Waals surface area contributed by atoms with Gasteiger partial charge in [-0.25, -0.2) is 0 Å². The Hall–Kier alpha value is -0.970. The molecule has 4 nitrogen and oxygen atoms in total. The molecule has 2 unspecified atom stereocenters. The first-order valence-corrected chi connectivity index (χ1v) is 9.81. The van der Waals surface area contributed by atoms with Crippen LogP contribution in [-0.2, 0) is 11.3 Å². The largest absolute Gasteiger partial charge is 0.381 e. The maximum absolute atomic E-state index is 5.98. The van der Waals surface area contributed by atoms with Gasteiger partial charge >= 0.3 is 0 Å². The van der Waals surface area contributed by atoms with E-state index in [4.69, 9.17) is 4.74 Å². The lowest BCUT2D eigenvalue weighted by Gasteiger charge is -2.26. The van der Waals surface area contributed by atoms with Gasteiger partial charge in [-0.1, -0.05) is 12.5 Å². The van der Waals surface area contributed by atoms with E-state index in [0.29, 0.717) is 0 Å². The summed E-state index contributed by atoms with van der Waals surface area (Å²) in [6.45, 7) is 9.35. The van der Waals surface area contributed by atoms with Gasteiger partial charge in [0.2, 0.25) is 0 Å². The molecule has 1 saturated carbocycles. The molecule has 3 aliphatic rings. The fourth-order valence-electron chi connectivity index (χ4n) is 4.66. The van der Waals surface area contributed by atoms with Crippen LogP contribution in [0.2, 0.25) is 0 Å². The third-order valence-electron chi connectivity index (χ3n) is 6.10. The van der Waals surface area contributed by atoms with Gasteiger partial charge in [0.15, 0.2) is 0 Å². The summed E-state index contributed by atoms with van der Waals surface area (Å²) >= 11 is 0. The summed E-state index contributed by atoms with van der Waals surface area (Å²) < 4.78 is 5.98. The predicted octanol–water partition coefficient (Wildman–Crippen LogP) is 2.65. The molecule has 0 aromatic carbocycles. The van der Waals surface area contributed by atoms with Crippen LogP contribution >= 0.6 is 0 Å². The van der Waals surface area contributed by atoms with Crippen molar-refractivity contribution in [3.05, 3.63) is 30.1 Å². The molecule has 1 aromatic heterocycles. The van der Waals surface area contributed by atoms with E-state index < -0.39 is 0 Å². The third-order valence-corrected chi connectivity index (χ3v) is 6.10. The molecule has 2 aliphatic heterocycles. The number of pyridine rings is 1. The summed E-state index contributed by atoms with van der Waals surface area (Å²) in [5, 5.41) is 0. The third kappa shape index (κ3) is 4.16. The number of aromatic nitrogens is 1. The van der Waals surface area contributed by atoms with Crippen LogP contribution < -0.4 is 0 Å². The zero-order valence-electron chi connectivity index (χ0n) is 14.8. The van der Waals surface area contributed by atoms with Crippen LogP contribution in [0.3, 0.4) is 0 Å². The van der Waals surface area contributed by atoms with Crippen LogP contribution in [0, 0.1) is 17.8 Å². The van der Waals surface area contributed by atoms with Crippen LogP contribution in [0.1, 0.15) is 31.2 Å². The summed E-state index contributed by atoms with van der Waals surface area (Å²) in [5.74, 6) is 2.62. The SMILES string of the molecule is c1cncc(CN2CC3C(COCCCN4CCCCC4)C3C2)c1. The van der Waals surface area contributed by atoms with Crippen molar-refractivity contribution in [2.24, 2.45) is 17.8 Å². The van der Waals surface area contributed by atoms with E-state index in [9.17, 15) is 0 Å². The Morgan fingerprint density at radius 1 is 1.08 bits per heavy atom. The molecule has 4 rings (SSSR count). The maximum Gasteiger partial charge on any atom is 0.0500 e. The van der Waals surface area contributed by atoms with Crippen LogP contribution in [0.25, 0.3) is 0 Å². The van der Waals surface area contributed by atoms with Crippen molar-refractivity contribution < 1.29 is 4.74 Å². The monoisotopic (exact) mass is 329 g/mol. The summed E-state index contributed by atoms with van der Waals surface area (Å²) in [6.07, 6.45) is 9.25. The molecule has 0 N–H and O–H groups in total. The summed E-state index contributed by atoms with van der Waals surface area (Å²) in [7, 11) is 0. The number of rotatable bonds is 8. The Balaban J connectivity index is 1.06. The number of hydrogen-bond donors (Lipinski definition) is 0. The Kier molecular flexibility index (Phi) is 5.46. The zero-order valence-corrected chi connectivity index (χ0v) is 14.8. The molecule has 2 atom stereocenters. The smallest absolute Gasteiger partial charge is 0.0500 e. The molecule has 132 valence electrons. The lowest BCUT2D eigenvalue weighted by Crippen LogP contribution is -2.31. The van der Waals surface area contributed by atoms with Gasteiger partial charge in [-0.2, -0.15) is 0 Å². The lowest BCUT2D eigenvalue weighted by atomic mass is 10.1. The standard InChI is InChI=1S/C20H31N3O/c1-2-8-22(9-3-1)10-5-11-24-16-20-18-14-23(15-19(18)20)13-17-6-4-7-21-12-17/h4,6-7,12,18-20H,1-3,5,8-11,13-16H2. The molecule has 1 aromatic rings. The number of nitrogens with zero attached hydrogens (tertiary/aromatic N) is 3. The Labute approximate surface area is 146 Å². The molecule has 2 saturated heterocycles. The van der Waals surface area contributed by atoms with Gasteiger partial charge in [-0.3, -0.25) is 9.88 Å². The van der Waals surface area contributed by atoms with E-state index in [1.165, 1.54) is 64.0 Å². The second-order valence-corrected chi connectivity index (χ2v) is 7.88. The van der Waals surface area contributed by atoms with Gasteiger partial charge in [0, 0.05) is 45.2 Å². The van der Waals surface area contributed by atoms with E-state index >= 15 is 0 Å². The van der Waals surface area contributed by atoms with E-state index in [-0.39, 0.29) is 0 Å². The van der Waals surface area contributed by atoms with Crippen LogP contribution in [-0.4, -0.2) is 60.7 Å². The van der Waals surface area contributed by atoms with Crippen molar-refractivity contribution in [3.8, 4) is 0 Å². The van der Waals surface area contributed by atoms with Gasteiger partial charge < -0.3 is 9.64 Å². The molecule has 0 bridgehead atoms. The van der Waals surface area contributed by atoms with Gasteiger partial charge in [-0.05, 0) is 61.7 Å². The highest BCUT2D eigenvalue weighted by atomic mass is 16.5. The average Bonchev–Trinajstić information content (AvgIpc) is 3.08. The molecule has 3 heterocycles. The first-order chi connectivity index (χ1) is 11.9. The second kappa shape index (κ2) is 7.94. The van der Waals surface area contributed by atoms with E-state index in [1.54, 1.807) is 0 Å². The molecule has 3 fully saturated rings. The lowest BCUT2D eigenvalue weighted by molar-refractivity contribution is 0.0967. The van der Waals surface area contributed by atoms with Gasteiger partial charge in [0.25, 0.3) is 0 Å². The number of piperidine rings is 2. The van der Waals surface area contributed by atoms with Gasteiger partial charge in [0.05, 0.1) is 6.61 Å². The summed E-state index contributed by atoms with van der Waals surface area (Å²) in [4.78, 5) is 9.40. The topological polar surface area (TPSA) is 28.6 Å². The molecule has 0 radical (unpaired) electrons. The predicted molar refractivity (Wildman–Crippen MR) is 95.7 cm³/mol. The minimum Gasteiger partial charge on any atom is -0.381 e. The molecular weight excluding hydrogens is 298 g/mol. The minimum atomic E-state index is 0.838. The Bertz CT molecular complexity index is 491. The van der Waals surface area contributed by atoms with Crippen molar-refractivity contribution >= 4 is 0 Å². The highest BCUT2D eigenvalue weighted by Crippen LogP contribution is 2.51. The second-order valence-electron chi connectivity index (χ2n) is 7.88. The quantitative estimate of drug-likeness (QED) is 0.686. The molecule has 0 amide bonds. The first-order valence-electron chi connectivity index (χ1n) is 9.81. The fraction of sp³-hybridized carbons (Fsp3) is 0.750. The number of hydrogen-bond acceptors (Lipinski definition) is 4. The van der Waals surface area contributed by atoms with Crippen LogP contribution in [0.15, 0.2) is 24.5 Å². The Morgan fingerprint density at radius 2 is 1.92 bits per heavy atom. The summed E-state index contributed by atoms with van der Waals surface area (Å²) in [6, 6.07) is 4.21. The highest BCUT2D eigenvalue weighted by Gasteiger charge is 2.55. The van der Waals surface area contributed by atoms with Crippen molar-refractivity contribution in [3.63, 3.8) is 0 Å². The van der Waals surface area contributed by atoms with Crippen molar-refractivity contribution in [1.29, 1.82) is 0 Å². The first kappa shape index (κ1) is 16.5. The van der Waals surface area contributed by atoms with Crippen molar-refractivity contribution in [2.45, 2.75) is 32.2 Å². The molecular formula is C20H31N3O. The number of ether oxygens (including phenoxy) is 1. The maximum atomic E-state index is 5.98. The molecule has 1 aliphatic carbocycles. The normalized spacial score (nSPS) is 30.4. The van der Waals surface area contributed by atoms with E-state index in [1.807, 2.05) is 18.5 Å². The van der Waals surface area contributed by atoms with Gasteiger partial charge in [0.1, 0.15) is 0 Å². The number of likely N-dealkylation sites (tertiary alicyclic amines) is 2. The molecule has 0 spiro atoms. The highest BCUT2D eigenvalue weighted by molar-refractivity contribution is 5.11. The van der Waals surface area contributed by atoms with E-state index in [2.05, 4.69) is 20.9 Å². The van der Waals surface area contributed by atoms with Crippen molar-refractivity contribution in [2.75, 3.05) is 45.9 Å². The van der Waals surface area contributed by atoms with Crippen molar-refractivity contribution in [1.82, 2.24) is 14.8 Å².